The van der Waals surface area contributed by atoms with Crippen LogP contribution in [-0.4, -0.2) is 33.0 Å². The van der Waals surface area contributed by atoms with Gasteiger partial charge in [0.2, 0.25) is 11.6 Å². The molecule has 1 fully saturated rings. The lowest BCUT2D eigenvalue weighted by Crippen LogP contribution is -2.21. The molecule has 0 radical (unpaired) electrons. The molecule has 8 nitrogen and oxygen atoms in total. The Morgan fingerprint density at radius 1 is 1.27 bits per heavy atom. The lowest BCUT2D eigenvalue weighted by molar-refractivity contribution is -0.383. The maximum Gasteiger partial charge on any atom is 0.353 e. The molecule has 3 heterocycles. The SMILES string of the molecule is Cc1cccc(Nc2ncnc(N3CCCC3)c2[N+](=O)[O-])n1. The van der Waals surface area contributed by atoms with Gasteiger partial charge in [-0.2, -0.15) is 0 Å². The van der Waals surface area contributed by atoms with Gasteiger partial charge in [0, 0.05) is 18.8 Å². The molecule has 2 aromatic heterocycles. The first kappa shape index (κ1) is 14.2. The van der Waals surface area contributed by atoms with Crippen molar-refractivity contribution in [2.75, 3.05) is 23.3 Å². The molecule has 3 rings (SSSR count). The predicted octanol–water partition coefficient (Wildman–Crippen LogP) is 2.43. The van der Waals surface area contributed by atoms with Crippen LogP contribution in [0.25, 0.3) is 0 Å². The van der Waals surface area contributed by atoms with Crippen LogP contribution in [0.5, 0.6) is 0 Å². The Hall–Kier alpha value is -2.77. The Labute approximate surface area is 127 Å². The maximum absolute atomic E-state index is 11.5. The van der Waals surface area contributed by atoms with Crippen molar-refractivity contribution in [3.63, 3.8) is 0 Å². The Morgan fingerprint density at radius 2 is 2.05 bits per heavy atom. The Bertz CT molecular complexity index is 699. The first-order chi connectivity index (χ1) is 10.6. The molecule has 0 aliphatic carbocycles. The van der Waals surface area contributed by atoms with Crippen molar-refractivity contribution >= 4 is 23.1 Å². The summed E-state index contributed by atoms with van der Waals surface area (Å²) in [6.45, 7) is 3.41. The summed E-state index contributed by atoms with van der Waals surface area (Å²) < 4.78 is 0. The lowest BCUT2D eigenvalue weighted by Gasteiger charge is -2.17. The summed E-state index contributed by atoms with van der Waals surface area (Å²) in [6.07, 6.45) is 3.38. The van der Waals surface area contributed by atoms with Crippen molar-refractivity contribution in [3.05, 3.63) is 40.3 Å². The van der Waals surface area contributed by atoms with Gasteiger partial charge in [-0.25, -0.2) is 15.0 Å². The molecule has 0 bridgehead atoms. The number of hydrogen-bond acceptors (Lipinski definition) is 7. The van der Waals surface area contributed by atoms with E-state index in [0.717, 1.165) is 31.6 Å². The van der Waals surface area contributed by atoms with E-state index in [1.54, 1.807) is 6.07 Å². The van der Waals surface area contributed by atoms with Gasteiger partial charge in [0.15, 0.2) is 0 Å². The van der Waals surface area contributed by atoms with Crippen LogP contribution in [0.15, 0.2) is 24.5 Å². The zero-order chi connectivity index (χ0) is 15.5. The monoisotopic (exact) mass is 300 g/mol. The molecule has 114 valence electrons. The van der Waals surface area contributed by atoms with E-state index in [0.29, 0.717) is 11.6 Å². The molecule has 0 saturated carbocycles. The molecule has 8 heteroatoms. The average Bonchev–Trinajstić information content (AvgIpc) is 3.01. The number of anilines is 3. The van der Waals surface area contributed by atoms with Crippen LogP contribution in [-0.2, 0) is 0 Å². The molecule has 1 aliphatic rings. The van der Waals surface area contributed by atoms with E-state index in [1.807, 2.05) is 24.0 Å². The summed E-state index contributed by atoms with van der Waals surface area (Å²) in [5, 5.41) is 14.4. The zero-order valence-electron chi connectivity index (χ0n) is 12.2. The van der Waals surface area contributed by atoms with Gasteiger partial charge in [-0.05, 0) is 31.9 Å². The van der Waals surface area contributed by atoms with Gasteiger partial charge in [-0.15, -0.1) is 0 Å². The number of hydrogen-bond donors (Lipinski definition) is 1. The molecule has 1 aliphatic heterocycles. The third-order valence-corrected chi connectivity index (χ3v) is 3.53. The molecule has 0 unspecified atom stereocenters. The molecule has 0 atom stereocenters. The highest BCUT2D eigenvalue weighted by atomic mass is 16.6. The lowest BCUT2D eigenvalue weighted by atomic mass is 10.3. The quantitative estimate of drug-likeness (QED) is 0.684. The highest BCUT2D eigenvalue weighted by Crippen LogP contribution is 2.34. The second-order valence-corrected chi connectivity index (χ2v) is 5.13. The predicted molar refractivity (Wildman–Crippen MR) is 82.4 cm³/mol. The van der Waals surface area contributed by atoms with Crippen molar-refractivity contribution in [1.82, 2.24) is 15.0 Å². The standard InChI is InChI=1S/C14H16N6O2/c1-10-5-4-6-11(17-10)18-13-12(20(21)22)14(16-9-15-13)19-7-2-3-8-19/h4-6,9H,2-3,7-8H2,1H3,(H,15,16,17,18). The van der Waals surface area contributed by atoms with Crippen molar-refractivity contribution < 1.29 is 4.92 Å². The Balaban J connectivity index is 1.99. The number of nitro groups is 1. The van der Waals surface area contributed by atoms with Gasteiger partial charge in [0.05, 0.1) is 4.92 Å². The number of rotatable bonds is 4. The van der Waals surface area contributed by atoms with E-state index in [2.05, 4.69) is 20.3 Å². The summed E-state index contributed by atoms with van der Waals surface area (Å²) in [5.41, 5.74) is 0.717. The molecule has 0 amide bonds. The smallest absolute Gasteiger partial charge is 0.351 e. The van der Waals surface area contributed by atoms with E-state index in [1.165, 1.54) is 6.33 Å². The molecule has 1 N–H and O–H groups in total. The van der Waals surface area contributed by atoms with Crippen LogP contribution < -0.4 is 10.2 Å². The van der Waals surface area contributed by atoms with Gasteiger partial charge >= 0.3 is 5.69 Å². The first-order valence-electron chi connectivity index (χ1n) is 7.10. The number of aryl methyl sites for hydroxylation is 1. The Morgan fingerprint density at radius 3 is 2.73 bits per heavy atom. The summed E-state index contributed by atoms with van der Waals surface area (Å²) in [4.78, 5) is 25.4. The summed E-state index contributed by atoms with van der Waals surface area (Å²) in [7, 11) is 0. The van der Waals surface area contributed by atoms with Crippen LogP contribution in [0.1, 0.15) is 18.5 Å². The number of nitrogens with one attached hydrogen (secondary N) is 1. The average molecular weight is 300 g/mol. The highest BCUT2D eigenvalue weighted by Gasteiger charge is 2.28. The van der Waals surface area contributed by atoms with Gasteiger partial charge in [0.25, 0.3) is 0 Å². The fraction of sp³-hybridized carbons (Fsp3) is 0.357. The maximum atomic E-state index is 11.5. The molecule has 0 spiro atoms. The van der Waals surface area contributed by atoms with E-state index in [-0.39, 0.29) is 11.5 Å². The molecule has 22 heavy (non-hydrogen) atoms. The van der Waals surface area contributed by atoms with Crippen molar-refractivity contribution in [2.24, 2.45) is 0 Å². The van der Waals surface area contributed by atoms with Gasteiger partial charge in [-0.3, -0.25) is 10.1 Å². The molecule has 1 saturated heterocycles. The highest BCUT2D eigenvalue weighted by molar-refractivity contribution is 5.73. The number of nitrogens with zero attached hydrogens (tertiary/aromatic N) is 5. The largest absolute Gasteiger partial charge is 0.353 e. The van der Waals surface area contributed by atoms with E-state index < -0.39 is 4.92 Å². The Kier molecular flexibility index (Phi) is 3.82. The number of pyridine rings is 1. The summed E-state index contributed by atoms with van der Waals surface area (Å²) >= 11 is 0. The second kappa shape index (κ2) is 5.92. The van der Waals surface area contributed by atoms with Crippen molar-refractivity contribution in [3.8, 4) is 0 Å². The van der Waals surface area contributed by atoms with Gasteiger partial charge < -0.3 is 10.2 Å². The molecule has 0 aromatic carbocycles. The molecule has 2 aromatic rings. The minimum Gasteiger partial charge on any atom is -0.351 e. The third-order valence-electron chi connectivity index (χ3n) is 3.53. The van der Waals surface area contributed by atoms with Crippen LogP contribution in [0.4, 0.5) is 23.1 Å². The fourth-order valence-corrected chi connectivity index (χ4v) is 2.52. The van der Waals surface area contributed by atoms with E-state index >= 15 is 0 Å². The third kappa shape index (κ3) is 2.80. The van der Waals surface area contributed by atoms with Crippen LogP contribution >= 0.6 is 0 Å². The zero-order valence-corrected chi connectivity index (χ0v) is 12.2. The minimum atomic E-state index is -0.439. The van der Waals surface area contributed by atoms with E-state index in [9.17, 15) is 10.1 Å². The first-order valence-corrected chi connectivity index (χ1v) is 7.10. The fourth-order valence-electron chi connectivity index (χ4n) is 2.52. The summed E-state index contributed by atoms with van der Waals surface area (Å²) in [5.74, 6) is 1.06. The summed E-state index contributed by atoms with van der Waals surface area (Å²) in [6, 6.07) is 5.43. The normalized spacial score (nSPS) is 14.1. The van der Waals surface area contributed by atoms with Crippen LogP contribution in [0, 0.1) is 17.0 Å². The minimum absolute atomic E-state index is 0.104. The number of aromatic nitrogens is 3. The second-order valence-electron chi connectivity index (χ2n) is 5.13. The van der Waals surface area contributed by atoms with Gasteiger partial charge in [-0.1, -0.05) is 6.07 Å². The van der Waals surface area contributed by atoms with Crippen molar-refractivity contribution in [1.29, 1.82) is 0 Å². The van der Waals surface area contributed by atoms with Crippen LogP contribution in [0.2, 0.25) is 0 Å². The molecular formula is C14H16N6O2. The van der Waals surface area contributed by atoms with Gasteiger partial charge in [0.1, 0.15) is 12.1 Å². The molecular weight excluding hydrogens is 284 g/mol. The van der Waals surface area contributed by atoms with E-state index in [4.69, 9.17) is 0 Å². The topological polar surface area (TPSA) is 97.1 Å². The van der Waals surface area contributed by atoms with Crippen LogP contribution in [0.3, 0.4) is 0 Å². The van der Waals surface area contributed by atoms with Crippen molar-refractivity contribution in [2.45, 2.75) is 19.8 Å².